The highest BCUT2D eigenvalue weighted by molar-refractivity contribution is 7.99. The van der Waals surface area contributed by atoms with Crippen LogP contribution in [0.15, 0.2) is 82.6 Å². The van der Waals surface area contributed by atoms with Gasteiger partial charge in [0.1, 0.15) is 0 Å². The van der Waals surface area contributed by atoms with Gasteiger partial charge in [-0.05, 0) is 23.8 Å². The van der Waals surface area contributed by atoms with Crippen LogP contribution in [0.2, 0.25) is 0 Å². The first-order valence-electron chi connectivity index (χ1n) is 9.79. The van der Waals surface area contributed by atoms with Gasteiger partial charge in [-0.1, -0.05) is 60.3 Å². The lowest BCUT2D eigenvalue weighted by atomic mass is 10.1. The third-order valence-corrected chi connectivity index (χ3v) is 5.90. The van der Waals surface area contributed by atoms with Gasteiger partial charge in [0.15, 0.2) is 0 Å². The maximum atomic E-state index is 11.4. The summed E-state index contributed by atoms with van der Waals surface area (Å²) >= 11 is 1.47. The summed E-state index contributed by atoms with van der Waals surface area (Å²) in [7, 11) is 0. The van der Waals surface area contributed by atoms with Crippen LogP contribution >= 0.6 is 11.8 Å². The molecule has 0 spiro atoms. The lowest BCUT2D eigenvalue weighted by molar-refractivity contribution is -0.385. The van der Waals surface area contributed by atoms with Crippen molar-refractivity contribution in [1.82, 2.24) is 10.3 Å². The van der Waals surface area contributed by atoms with Crippen LogP contribution < -0.4 is 15.8 Å². The second-order valence-electron chi connectivity index (χ2n) is 6.99. The summed E-state index contributed by atoms with van der Waals surface area (Å²) < 4.78 is 5.20. The van der Waals surface area contributed by atoms with Gasteiger partial charge in [0.05, 0.1) is 9.82 Å². The molecule has 8 nitrogen and oxygen atoms in total. The number of nitrogens with two attached hydrogens (primary N) is 1. The highest BCUT2D eigenvalue weighted by Crippen LogP contribution is 2.41. The van der Waals surface area contributed by atoms with Crippen LogP contribution in [0, 0.1) is 10.1 Å². The molecule has 0 unspecified atom stereocenters. The van der Waals surface area contributed by atoms with Gasteiger partial charge in [-0.25, -0.2) is 4.79 Å². The van der Waals surface area contributed by atoms with Crippen molar-refractivity contribution in [3.8, 4) is 5.88 Å². The van der Waals surface area contributed by atoms with Gasteiger partial charge in [0.2, 0.25) is 5.88 Å². The molecule has 0 bridgehead atoms. The number of benzene rings is 3. The Kier molecular flexibility index (Phi) is 6.39. The Bertz CT molecular complexity index is 1270. The van der Waals surface area contributed by atoms with E-state index in [-0.39, 0.29) is 10.6 Å². The van der Waals surface area contributed by atoms with Crippen molar-refractivity contribution >= 4 is 34.4 Å². The van der Waals surface area contributed by atoms with E-state index in [1.807, 2.05) is 48.5 Å². The molecule has 0 radical (unpaired) electrons. The Hall–Kier alpha value is -3.82. The molecule has 0 aliphatic rings. The van der Waals surface area contributed by atoms with E-state index < -0.39 is 6.09 Å². The summed E-state index contributed by atoms with van der Waals surface area (Å²) in [5, 5.41) is 15.3. The SMILES string of the molecule is NC(=O)Oc1[nH]c2cc(CNCc3ccccc3[N+](=O)[O-])ccc2c1Sc1ccccc1. The smallest absolute Gasteiger partial charge is 0.392 e. The Balaban J connectivity index is 1.55. The fourth-order valence-electron chi connectivity index (χ4n) is 3.36. The number of carbonyl (C=O) groups is 1. The number of nitrogens with one attached hydrogen (secondary N) is 2. The second-order valence-corrected chi connectivity index (χ2v) is 8.07. The molecule has 4 rings (SSSR count). The predicted molar refractivity (Wildman–Crippen MR) is 123 cm³/mol. The van der Waals surface area contributed by atoms with E-state index in [4.69, 9.17) is 10.5 Å². The fraction of sp³-hybridized carbons (Fsp3) is 0.0870. The van der Waals surface area contributed by atoms with E-state index in [1.165, 1.54) is 17.8 Å². The van der Waals surface area contributed by atoms with Gasteiger partial charge in [0.25, 0.3) is 5.69 Å². The molecule has 0 atom stereocenters. The van der Waals surface area contributed by atoms with Gasteiger partial charge < -0.3 is 20.8 Å². The molecule has 4 aromatic rings. The number of ether oxygens (including phenoxy) is 1. The van der Waals surface area contributed by atoms with Crippen LogP contribution in [0.5, 0.6) is 5.88 Å². The van der Waals surface area contributed by atoms with Crippen LogP contribution in [-0.4, -0.2) is 16.0 Å². The molecule has 4 N–H and O–H groups in total. The normalized spacial score (nSPS) is 10.9. The Morgan fingerprint density at radius 2 is 1.81 bits per heavy atom. The van der Waals surface area contributed by atoms with Crippen molar-refractivity contribution in [1.29, 1.82) is 0 Å². The van der Waals surface area contributed by atoms with Crippen LogP contribution in [0.1, 0.15) is 11.1 Å². The maximum Gasteiger partial charge on any atom is 0.411 e. The minimum absolute atomic E-state index is 0.0932. The van der Waals surface area contributed by atoms with Crippen molar-refractivity contribution in [2.24, 2.45) is 5.73 Å². The summed E-state index contributed by atoms with van der Waals surface area (Å²) in [6, 6.07) is 22.3. The van der Waals surface area contributed by atoms with Crippen molar-refractivity contribution in [3.63, 3.8) is 0 Å². The zero-order valence-corrected chi connectivity index (χ0v) is 17.7. The van der Waals surface area contributed by atoms with E-state index in [9.17, 15) is 14.9 Å². The van der Waals surface area contributed by atoms with Crippen LogP contribution in [0.25, 0.3) is 10.9 Å². The molecule has 0 aliphatic carbocycles. The molecule has 0 aliphatic heterocycles. The minimum atomic E-state index is -0.891. The first-order chi connectivity index (χ1) is 15.5. The van der Waals surface area contributed by atoms with E-state index in [0.717, 1.165) is 26.3 Å². The largest absolute Gasteiger partial charge is 0.411 e. The summed E-state index contributed by atoms with van der Waals surface area (Å²) in [5.74, 6) is 0.298. The number of aromatic amines is 1. The standard InChI is InChI=1S/C23H20N4O4S/c24-23(28)31-22-21(32-17-7-2-1-3-8-17)18-11-10-15(12-19(18)26-22)13-25-14-16-6-4-5-9-20(16)27(29)30/h1-12,25-26H,13-14H2,(H2,24,28). The lowest BCUT2D eigenvalue weighted by Crippen LogP contribution is -2.16. The minimum Gasteiger partial charge on any atom is -0.392 e. The van der Waals surface area contributed by atoms with E-state index >= 15 is 0 Å². The average molecular weight is 449 g/mol. The zero-order chi connectivity index (χ0) is 22.5. The third-order valence-electron chi connectivity index (χ3n) is 4.78. The Labute approximate surface area is 187 Å². The summed E-state index contributed by atoms with van der Waals surface area (Å²) in [6.07, 6.45) is -0.891. The van der Waals surface area contributed by atoms with E-state index in [0.29, 0.717) is 24.5 Å². The Morgan fingerprint density at radius 1 is 1.06 bits per heavy atom. The number of H-pyrrole nitrogens is 1. The number of primary amides is 1. The van der Waals surface area contributed by atoms with E-state index in [1.54, 1.807) is 18.2 Å². The fourth-order valence-corrected chi connectivity index (χ4v) is 4.37. The number of nitro groups is 1. The average Bonchev–Trinajstić information content (AvgIpc) is 3.10. The number of aromatic nitrogens is 1. The number of nitro benzene ring substituents is 1. The van der Waals surface area contributed by atoms with Gasteiger partial charge in [-0.2, -0.15) is 0 Å². The highest BCUT2D eigenvalue weighted by atomic mass is 32.2. The zero-order valence-electron chi connectivity index (χ0n) is 16.9. The molecule has 162 valence electrons. The predicted octanol–water partition coefficient (Wildman–Crippen LogP) is 4.97. The third kappa shape index (κ3) is 4.90. The van der Waals surface area contributed by atoms with Crippen molar-refractivity contribution in [2.45, 2.75) is 22.9 Å². The second kappa shape index (κ2) is 9.54. The molecule has 1 heterocycles. The van der Waals surface area contributed by atoms with Gasteiger partial charge in [0, 0.05) is 40.5 Å². The molecule has 0 fully saturated rings. The number of para-hydroxylation sites is 1. The van der Waals surface area contributed by atoms with Crippen LogP contribution in [0.3, 0.4) is 0 Å². The summed E-state index contributed by atoms with van der Waals surface area (Å²) in [4.78, 5) is 27.1. The Morgan fingerprint density at radius 3 is 2.56 bits per heavy atom. The molecule has 0 saturated heterocycles. The number of fused-ring (bicyclic) bond motifs is 1. The van der Waals surface area contributed by atoms with E-state index in [2.05, 4.69) is 10.3 Å². The lowest BCUT2D eigenvalue weighted by Gasteiger charge is -2.06. The highest BCUT2D eigenvalue weighted by Gasteiger charge is 2.17. The topological polar surface area (TPSA) is 123 Å². The molecule has 1 amide bonds. The number of rotatable bonds is 8. The molecule has 3 aromatic carbocycles. The quantitative estimate of drug-likeness (QED) is 0.258. The maximum absolute atomic E-state index is 11.4. The van der Waals surface area contributed by atoms with Gasteiger partial charge in [-0.15, -0.1) is 0 Å². The summed E-state index contributed by atoms with van der Waals surface area (Å²) in [5.41, 5.74) is 7.73. The first-order valence-corrected chi connectivity index (χ1v) is 10.6. The number of carbonyl (C=O) groups excluding carboxylic acids is 1. The van der Waals surface area contributed by atoms with Crippen molar-refractivity contribution in [2.75, 3.05) is 0 Å². The number of nitrogens with zero attached hydrogens (tertiary/aromatic N) is 1. The van der Waals surface area contributed by atoms with Crippen molar-refractivity contribution in [3.05, 3.63) is 94.0 Å². The molecular formula is C23H20N4O4S. The number of amides is 1. The van der Waals surface area contributed by atoms with Gasteiger partial charge >= 0.3 is 6.09 Å². The molecule has 0 saturated carbocycles. The molecule has 9 heteroatoms. The van der Waals surface area contributed by atoms with Crippen LogP contribution in [0.4, 0.5) is 10.5 Å². The number of hydrogen-bond acceptors (Lipinski definition) is 6. The van der Waals surface area contributed by atoms with Gasteiger partial charge in [-0.3, -0.25) is 10.1 Å². The molecular weight excluding hydrogens is 428 g/mol. The monoisotopic (exact) mass is 448 g/mol. The molecule has 32 heavy (non-hydrogen) atoms. The number of hydrogen-bond donors (Lipinski definition) is 3. The molecule has 1 aromatic heterocycles. The van der Waals surface area contributed by atoms with Crippen molar-refractivity contribution < 1.29 is 14.5 Å². The summed E-state index contributed by atoms with van der Waals surface area (Å²) in [6.45, 7) is 0.874. The van der Waals surface area contributed by atoms with Crippen LogP contribution in [-0.2, 0) is 13.1 Å². The first kappa shape index (κ1) is 21.4.